The molecule has 3 aromatic rings. The maximum absolute atomic E-state index is 12.2. The van der Waals surface area contributed by atoms with Crippen LogP contribution >= 0.6 is 0 Å². The highest BCUT2D eigenvalue weighted by Crippen LogP contribution is 2.56. The van der Waals surface area contributed by atoms with Crippen LogP contribution < -0.4 is 25.7 Å². The summed E-state index contributed by atoms with van der Waals surface area (Å²) < 4.78 is 19.9. The summed E-state index contributed by atoms with van der Waals surface area (Å²) >= 11 is 0. The molecule has 2 saturated carbocycles. The first-order valence-corrected chi connectivity index (χ1v) is 22.8. The van der Waals surface area contributed by atoms with Gasteiger partial charge in [-0.3, -0.25) is 4.99 Å². The lowest BCUT2D eigenvalue weighted by atomic mass is 9.60. The van der Waals surface area contributed by atoms with Crippen molar-refractivity contribution in [3.63, 3.8) is 0 Å². The Hall–Kier alpha value is -4.45. The minimum atomic E-state index is -0.906. The summed E-state index contributed by atoms with van der Waals surface area (Å²) in [5.41, 5.74) is 18.3. The van der Waals surface area contributed by atoms with Crippen molar-refractivity contribution in [3.05, 3.63) is 76.4 Å². The normalized spacial score (nSPS) is 30.1. The Morgan fingerprint density at radius 3 is 2.43 bits per heavy atom. The summed E-state index contributed by atoms with van der Waals surface area (Å²) in [5, 5.41) is 55.0. The zero-order valence-corrected chi connectivity index (χ0v) is 36.3. The molecule has 0 aromatic heterocycles. The van der Waals surface area contributed by atoms with Gasteiger partial charge in [-0.2, -0.15) is 0 Å². The molecule has 0 amide bonds. The topological polar surface area (TPSA) is 193 Å². The molecule has 9 N–H and O–H groups in total. The van der Waals surface area contributed by atoms with Crippen LogP contribution in [0.3, 0.4) is 0 Å². The molecule has 330 valence electrons. The van der Waals surface area contributed by atoms with Crippen molar-refractivity contribution in [3.8, 4) is 39.9 Å². The largest absolute Gasteiger partial charge is 0.508 e. The van der Waals surface area contributed by atoms with E-state index < -0.39 is 12.2 Å². The molecule has 1 aliphatic heterocycles. The first-order chi connectivity index (χ1) is 29.4. The van der Waals surface area contributed by atoms with Crippen molar-refractivity contribution in [2.24, 2.45) is 63.8 Å². The molecule has 61 heavy (non-hydrogen) atoms. The first-order valence-electron chi connectivity index (χ1n) is 22.8. The molecular weight excluding hydrogens is 771 g/mol. The number of benzene rings is 3. The van der Waals surface area contributed by atoms with Crippen LogP contribution in [0.2, 0.25) is 0 Å². The van der Waals surface area contributed by atoms with Crippen molar-refractivity contribution in [2.75, 3.05) is 26.9 Å². The van der Waals surface area contributed by atoms with Gasteiger partial charge in [0.25, 0.3) is 0 Å². The Morgan fingerprint density at radius 1 is 0.934 bits per heavy atom. The number of ether oxygens (including phenoxy) is 3. The second kappa shape index (κ2) is 18.1. The molecule has 0 unspecified atom stereocenters. The predicted octanol–water partition coefficient (Wildman–Crippen LogP) is 7.32. The molecule has 1 heterocycles. The Morgan fingerprint density at radius 2 is 1.72 bits per heavy atom. The molecule has 0 saturated heterocycles. The van der Waals surface area contributed by atoms with Crippen LogP contribution in [0.1, 0.15) is 106 Å². The second-order valence-electron chi connectivity index (χ2n) is 19.1. The number of rotatable bonds is 13. The lowest BCUT2D eigenvalue weighted by Gasteiger charge is -2.49. The monoisotopic (exact) mass is 837 g/mol. The van der Waals surface area contributed by atoms with E-state index in [2.05, 4.69) is 44.0 Å². The molecule has 11 heteroatoms. The van der Waals surface area contributed by atoms with Gasteiger partial charge in [0, 0.05) is 49.3 Å². The number of phenols is 2. The van der Waals surface area contributed by atoms with Gasteiger partial charge in [-0.25, -0.2) is 0 Å². The molecular formula is C50H67N3O8. The fraction of sp³-hybridized carbons (Fsp3) is 0.580. The fourth-order valence-electron chi connectivity index (χ4n) is 12.1. The van der Waals surface area contributed by atoms with Crippen LogP contribution in [0.4, 0.5) is 0 Å². The van der Waals surface area contributed by atoms with Crippen LogP contribution in [-0.2, 0) is 19.3 Å². The molecule has 2 bridgehead atoms. The van der Waals surface area contributed by atoms with Crippen molar-refractivity contribution >= 4 is 5.96 Å². The van der Waals surface area contributed by atoms with Crippen molar-refractivity contribution < 1.29 is 39.7 Å². The van der Waals surface area contributed by atoms with Gasteiger partial charge in [0.05, 0.1) is 13.2 Å². The number of fused-ring (bicyclic) bond motifs is 7. The van der Waals surface area contributed by atoms with E-state index in [1.54, 1.807) is 25.3 Å². The van der Waals surface area contributed by atoms with Gasteiger partial charge in [0.2, 0.25) is 0 Å². The molecule has 2 fully saturated rings. The number of nitrogens with two attached hydrogens (primary N) is 2. The van der Waals surface area contributed by atoms with Crippen LogP contribution in [0.25, 0.3) is 11.1 Å². The summed E-state index contributed by atoms with van der Waals surface area (Å²) in [6.45, 7) is 7.22. The number of hydrogen-bond acceptors (Lipinski definition) is 9. The fourth-order valence-corrected chi connectivity index (χ4v) is 12.1. The minimum Gasteiger partial charge on any atom is -0.508 e. The number of phenolic OH excluding ortho intramolecular Hbond substituents is 2. The van der Waals surface area contributed by atoms with E-state index in [9.17, 15) is 25.5 Å². The van der Waals surface area contributed by atoms with Gasteiger partial charge in [-0.15, -0.1) is 0 Å². The standard InChI is InChI=1S/C50H67N3O8/c1-5-27-17-30(9-6-28(27)14-15-54)36-18-34-20-40(57)35(16-26(2)3)19-37(34)47-44(59-4)23-42-38(46(36)47)22-41(58)48(60-42)31-12-13-39(56)43(21-31)61-49-29-7-10-32(24-53-50(51)52)45(49)33(25-55)11-8-29/h6,9,12-13,19-21,23,26-30,32-33,36,41,45,48-49,54-58H,5,7-8,10-11,14-18,22,24-25H2,1-4H3,(H4,51,52,53)/t27-,28+,29-,30-,32-,33-,36-,41-,45+,48+,49+/m1/s1. The third kappa shape index (κ3) is 8.42. The number of aliphatic hydroxyl groups excluding tert-OH is 3. The molecule has 5 aliphatic rings. The number of aliphatic imine (C=N–C) groups is 1. The highest BCUT2D eigenvalue weighted by atomic mass is 16.5. The smallest absolute Gasteiger partial charge is 0.185 e. The van der Waals surface area contributed by atoms with Gasteiger partial charge in [0.1, 0.15) is 29.5 Å². The zero-order chi connectivity index (χ0) is 43.1. The lowest BCUT2D eigenvalue weighted by molar-refractivity contribution is -0.0712. The predicted molar refractivity (Wildman–Crippen MR) is 237 cm³/mol. The maximum atomic E-state index is 12.2. The Labute approximate surface area is 360 Å². The third-order valence-corrected chi connectivity index (χ3v) is 15.0. The van der Waals surface area contributed by atoms with E-state index in [-0.39, 0.29) is 66.5 Å². The molecule has 8 rings (SSSR count). The molecule has 0 spiro atoms. The quantitative estimate of drug-likeness (QED) is 0.0522. The molecule has 11 nitrogen and oxygen atoms in total. The number of aromatic hydroxyl groups is 2. The van der Waals surface area contributed by atoms with Crippen LogP contribution in [0, 0.1) is 47.3 Å². The number of methoxy groups -OCH3 is 1. The van der Waals surface area contributed by atoms with E-state index >= 15 is 0 Å². The number of aliphatic hydroxyl groups is 3. The van der Waals surface area contributed by atoms with Gasteiger partial charge >= 0.3 is 0 Å². The van der Waals surface area contributed by atoms with E-state index in [4.69, 9.17) is 25.7 Å². The Balaban J connectivity index is 1.17. The first kappa shape index (κ1) is 43.2. The molecule has 3 aromatic carbocycles. The Kier molecular flexibility index (Phi) is 12.8. The number of allylic oxidation sites excluding steroid dienone is 2. The van der Waals surface area contributed by atoms with Crippen LogP contribution in [0.5, 0.6) is 28.7 Å². The van der Waals surface area contributed by atoms with E-state index in [1.807, 2.05) is 12.1 Å². The molecule has 11 atom stereocenters. The van der Waals surface area contributed by atoms with Crippen molar-refractivity contribution in [1.29, 1.82) is 0 Å². The SMILES string of the molecule is CC[C@@H]1C[C@H]([C@H]2Cc3cc(O)c(CC(C)C)cc3-c3c(OC)cc4c(c32)C[C@@H](O)[C@H](c2ccc(O)c(O[C@H]3[C@@H]5CC[C@H](CN=C(N)N)[C@H]3[C@@H](CO)CC5)c2)O4)C=C[C@H]1CCO. The second-order valence-corrected chi connectivity index (χ2v) is 19.1. The highest BCUT2D eigenvalue weighted by Gasteiger charge is 2.48. The van der Waals surface area contributed by atoms with E-state index in [0.717, 1.165) is 91.2 Å². The van der Waals surface area contributed by atoms with Crippen molar-refractivity contribution in [2.45, 2.75) is 109 Å². The van der Waals surface area contributed by atoms with Gasteiger partial charge in [0.15, 0.2) is 17.5 Å². The van der Waals surface area contributed by atoms with Gasteiger partial charge < -0.3 is 51.2 Å². The van der Waals surface area contributed by atoms with Crippen molar-refractivity contribution in [1.82, 2.24) is 0 Å². The third-order valence-electron chi connectivity index (χ3n) is 15.0. The van der Waals surface area contributed by atoms with E-state index in [1.165, 1.54) is 0 Å². The lowest BCUT2D eigenvalue weighted by Crippen LogP contribution is -2.51. The number of guanidine groups is 1. The summed E-state index contributed by atoms with van der Waals surface area (Å²) in [7, 11) is 1.69. The number of nitrogens with zero attached hydrogens (tertiary/aromatic N) is 1. The minimum absolute atomic E-state index is 0.00619. The van der Waals surface area contributed by atoms with Gasteiger partial charge in [-0.1, -0.05) is 45.4 Å². The van der Waals surface area contributed by atoms with Crippen LogP contribution in [0.15, 0.2) is 53.5 Å². The molecule has 4 aliphatic carbocycles. The zero-order valence-electron chi connectivity index (χ0n) is 36.3. The Bertz CT molecular complexity index is 2110. The average Bonchev–Trinajstić information content (AvgIpc) is 3.23. The molecule has 0 radical (unpaired) electrons. The highest BCUT2D eigenvalue weighted by molar-refractivity contribution is 5.84. The van der Waals surface area contributed by atoms with E-state index in [0.29, 0.717) is 59.3 Å². The number of hydrogen-bond donors (Lipinski definition) is 7. The summed E-state index contributed by atoms with van der Waals surface area (Å²) in [4.78, 5) is 4.35. The summed E-state index contributed by atoms with van der Waals surface area (Å²) in [6, 6.07) is 11.3. The summed E-state index contributed by atoms with van der Waals surface area (Å²) in [6.07, 6.45) is 11.0. The van der Waals surface area contributed by atoms with Gasteiger partial charge in [-0.05, 0) is 151 Å². The van der Waals surface area contributed by atoms with Crippen LogP contribution in [-0.4, -0.2) is 70.6 Å². The summed E-state index contributed by atoms with van der Waals surface area (Å²) in [5.74, 6) is 3.85. The average molecular weight is 838 g/mol. The maximum Gasteiger partial charge on any atom is 0.185 e.